The zero-order valence-corrected chi connectivity index (χ0v) is 22.6. The lowest BCUT2D eigenvalue weighted by atomic mass is 9.74. The lowest BCUT2D eigenvalue weighted by Crippen LogP contribution is -2.67. The Bertz CT molecular complexity index is 1320. The van der Waals surface area contributed by atoms with Gasteiger partial charge in [-0.2, -0.15) is 18.4 Å². The average Bonchev–Trinajstić information content (AvgIpc) is 3.86. The molecule has 0 aromatic carbocycles. The molecule has 2 saturated carbocycles. The van der Waals surface area contributed by atoms with Gasteiger partial charge in [0.2, 0.25) is 23.3 Å². The van der Waals surface area contributed by atoms with Crippen LogP contribution >= 0.6 is 0 Å². The first-order chi connectivity index (χ1) is 19.3. The number of carbonyl (C=O) groups excluding carboxylic acids is 4. The fraction of sp³-hybridized carbons (Fsp3) is 0.630. The molecule has 3 N–H and O–H groups in total. The summed E-state index contributed by atoms with van der Waals surface area (Å²) >= 11 is 0. The topological polar surface area (TPSA) is 154 Å². The van der Waals surface area contributed by atoms with Crippen LogP contribution in [0.4, 0.5) is 18.9 Å². The molecule has 41 heavy (non-hydrogen) atoms. The number of nitrogens with one attached hydrogen (secondary N) is 3. The monoisotopic (exact) mass is 576 g/mol. The van der Waals surface area contributed by atoms with Crippen LogP contribution < -0.4 is 20.7 Å². The van der Waals surface area contributed by atoms with Crippen molar-refractivity contribution < 1.29 is 37.1 Å². The number of nitriles is 1. The van der Waals surface area contributed by atoms with Crippen molar-refractivity contribution in [1.29, 1.82) is 5.26 Å². The summed E-state index contributed by atoms with van der Waals surface area (Å²) in [6.45, 7) is 1.40. The lowest BCUT2D eigenvalue weighted by molar-refractivity contribution is -0.178. The lowest BCUT2D eigenvalue weighted by Gasteiger charge is -2.41. The first kappa shape index (κ1) is 28.6. The van der Waals surface area contributed by atoms with E-state index in [0.717, 1.165) is 10.5 Å². The summed E-state index contributed by atoms with van der Waals surface area (Å²) in [5.74, 6) is -6.11. The maximum absolute atomic E-state index is 14.4. The fourth-order valence-electron chi connectivity index (χ4n) is 5.91. The summed E-state index contributed by atoms with van der Waals surface area (Å²) in [5.41, 5.74) is -2.77. The molecule has 3 heterocycles. The minimum absolute atomic E-state index is 0.0372. The quantitative estimate of drug-likeness (QED) is 0.428. The molecular formula is C27H31F3N6O5. The summed E-state index contributed by atoms with van der Waals surface area (Å²) in [6.07, 6.45) is -1.40. The van der Waals surface area contributed by atoms with Gasteiger partial charge in [0.25, 0.3) is 5.91 Å². The Morgan fingerprint density at radius 3 is 2.51 bits per heavy atom. The highest BCUT2D eigenvalue weighted by Crippen LogP contribution is 2.47. The van der Waals surface area contributed by atoms with Gasteiger partial charge in [-0.05, 0) is 43.2 Å². The number of aromatic nitrogens is 1. The Labute approximate surface area is 234 Å². The van der Waals surface area contributed by atoms with Crippen molar-refractivity contribution in [1.82, 2.24) is 20.5 Å². The Balaban J connectivity index is 1.52. The predicted molar refractivity (Wildman–Crippen MR) is 136 cm³/mol. The number of anilines is 1. The molecule has 2 aliphatic heterocycles. The SMILES string of the molecule is CNC(=O)C(CC1CC1)(NC(=O)C(F)(F)F)[C@H](CC1CC1)C(=O)N1C[C@@]2(C[C@H]1C#N)Oc1ncc(C)cc1NC2=O. The summed E-state index contributed by atoms with van der Waals surface area (Å²) in [6, 6.07) is 2.50. The van der Waals surface area contributed by atoms with Crippen molar-refractivity contribution in [2.75, 3.05) is 18.9 Å². The number of fused-ring (bicyclic) bond motifs is 1. The van der Waals surface area contributed by atoms with E-state index in [1.54, 1.807) is 13.0 Å². The maximum atomic E-state index is 14.4. The molecule has 1 aromatic rings. The first-order valence-corrected chi connectivity index (χ1v) is 13.6. The minimum Gasteiger partial charge on any atom is -0.457 e. The number of nitrogens with zero attached hydrogens (tertiary/aromatic N) is 3. The van der Waals surface area contributed by atoms with Crippen molar-refractivity contribution in [2.45, 2.75) is 75.2 Å². The highest BCUT2D eigenvalue weighted by atomic mass is 19.4. The highest BCUT2D eigenvalue weighted by Gasteiger charge is 2.61. The minimum atomic E-state index is -5.30. The summed E-state index contributed by atoms with van der Waals surface area (Å²) < 4.78 is 46.6. The van der Waals surface area contributed by atoms with Gasteiger partial charge in [0.05, 0.1) is 18.5 Å². The maximum Gasteiger partial charge on any atom is 0.471 e. The Hall–Kier alpha value is -3.89. The Kier molecular flexibility index (Phi) is 7.11. The van der Waals surface area contributed by atoms with E-state index in [1.807, 2.05) is 11.4 Å². The van der Waals surface area contributed by atoms with Crippen LogP contribution in [-0.4, -0.2) is 70.5 Å². The smallest absolute Gasteiger partial charge is 0.457 e. The molecule has 3 fully saturated rings. The van der Waals surface area contributed by atoms with Crippen LogP contribution in [-0.2, 0) is 19.2 Å². The van der Waals surface area contributed by atoms with Crippen LogP contribution in [0.3, 0.4) is 0 Å². The normalized spacial score (nSPS) is 25.7. The van der Waals surface area contributed by atoms with Gasteiger partial charge >= 0.3 is 12.1 Å². The molecule has 14 heteroatoms. The molecule has 1 unspecified atom stereocenters. The van der Waals surface area contributed by atoms with Gasteiger partial charge in [0, 0.05) is 19.7 Å². The number of alkyl halides is 3. The molecule has 0 bridgehead atoms. The van der Waals surface area contributed by atoms with Crippen molar-refractivity contribution in [3.63, 3.8) is 0 Å². The fourth-order valence-corrected chi connectivity index (χ4v) is 5.91. The van der Waals surface area contributed by atoms with Gasteiger partial charge in [0.1, 0.15) is 17.3 Å². The average molecular weight is 577 g/mol. The number of pyridine rings is 1. The highest BCUT2D eigenvalue weighted by molar-refractivity contribution is 6.02. The van der Waals surface area contributed by atoms with E-state index >= 15 is 0 Å². The second-order valence-corrected chi connectivity index (χ2v) is 11.6. The number of ether oxygens (including phenoxy) is 1. The van der Waals surface area contributed by atoms with Crippen LogP contribution in [0.5, 0.6) is 5.88 Å². The molecule has 0 radical (unpaired) electrons. The standard InChI is InChI=1S/C27H31F3N6O5/c1-14-7-19-20(33-12-14)41-25(22(38)34-19)10-17(11-31)36(13-25)21(37)18(8-15-3-4-15)26(23(39)32-2,9-16-5-6-16)35-24(40)27(28,29)30/h7,12,15-18H,3-6,8-10,13H2,1-2H3,(H,32,39)(H,34,38)(H,35,40)/t17-,18+,25+,26?/m0/s1. The van der Waals surface area contributed by atoms with Crippen LogP contribution in [0.25, 0.3) is 0 Å². The van der Waals surface area contributed by atoms with Crippen molar-refractivity contribution >= 4 is 29.3 Å². The van der Waals surface area contributed by atoms with Crippen LogP contribution in [0.1, 0.15) is 50.5 Å². The molecule has 4 amide bonds. The molecule has 2 aliphatic carbocycles. The molecule has 1 spiro atoms. The number of halogens is 3. The third kappa shape index (κ3) is 5.41. The largest absolute Gasteiger partial charge is 0.471 e. The van der Waals surface area contributed by atoms with Gasteiger partial charge in [-0.25, -0.2) is 4.98 Å². The Morgan fingerprint density at radius 2 is 1.93 bits per heavy atom. The van der Waals surface area contributed by atoms with Crippen molar-refractivity contribution in [3.05, 3.63) is 17.8 Å². The number of amides is 4. The van der Waals surface area contributed by atoms with Crippen molar-refractivity contribution in [2.24, 2.45) is 17.8 Å². The molecule has 1 saturated heterocycles. The number of hydrogen-bond acceptors (Lipinski definition) is 7. The first-order valence-electron chi connectivity index (χ1n) is 13.6. The molecule has 4 aliphatic rings. The van der Waals surface area contributed by atoms with E-state index < -0.39 is 52.9 Å². The zero-order valence-electron chi connectivity index (χ0n) is 22.6. The predicted octanol–water partition coefficient (Wildman–Crippen LogP) is 1.96. The van der Waals surface area contributed by atoms with Gasteiger partial charge < -0.3 is 25.6 Å². The number of carbonyl (C=O) groups is 4. The third-order valence-electron chi connectivity index (χ3n) is 8.39. The van der Waals surface area contributed by atoms with Gasteiger partial charge in [-0.1, -0.05) is 25.7 Å². The van der Waals surface area contributed by atoms with E-state index in [-0.39, 0.29) is 43.5 Å². The zero-order chi connectivity index (χ0) is 29.7. The number of rotatable bonds is 8. The summed E-state index contributed by atoms with van der Waals surface area (Å²) in [4.78, 5) is 58.8. The van der Waals surface area contributed by atoms with E-state index in [2.05, 4.69) is 15.6 Å². The number of likely N-dealkylation sites (tertiary alicyclic amines) is 1. The molecule has 4 atom stereocenters. The summed E-state index contributed by atoms with van der Waals surface area (Å²) in [5, 5.41) is 17.0. The van der Waals surface area contributed by atoms with Gasteiger partial charge in [0.15, 0.2) is 0 Å². The number of hydrogen-bond donors (Lipinski definition) is 3. The van der Waals surface area contributed by atoms with E-state index in [9.17, 15) is 37.6 Å². The second-order valence-electron chi connectivity index (χ2n) is 11.6. The molecule has 5 rings (SSSR count). The van der Waals surface area contributed by atoms with E-state index in [4.69, 9.17) is 4.74 Å². The summed E-state index contributed by atoms with van der Waals surface area (Å²) in [7, 11) is 1.23. The second kappa shape index (κ2) is 10.2. The molecular weight excluding hydrogens is 545 g/mol. The molecule has 1 aromatic heterocycles. The number of likely N-dealkylation sites (N-methyl/N-ethyl adjacent to an activating group) is 1. The molecule has 220 valence electrons. The van der Waals surface area contributed by atoms with Gasteiger partial charge in [-0.3, -0.25) is 19.2 Å². The van der Waals surface area contributed by atoms with Crippen LogP contribution in [0.2, 0.25) is 0 Å². The molecule has 11 nitrogen and oxygen atoms in total. The third-order valence-corrected chi connectivity index (χ3v) is 8.39. The van der Waals surface area contributed by atoms with E-state index in [1.165, 1.54) is 13.2 Å². The van der Waals surface area contributed by atoms with Crippen molar-refractivity contribution in [3.8, 4) is 11.9 Å². The number of aryl methyl sites for hydroxylation is 1. The van der Waals surface area contributed by atoms with Crippen LogP contribution in [0.15, 0.2) is 12.3 Å². The van der Waals surface area contributed by atoms with Crippen LogP contribution in [0, 0.1) is 36.0 Å². The van der Waals surface area contributed by atoms with Gasteiger partial charge in [-0.15, -0.1) is 0 Å². The Morgan fingerprint density at radius 1 is 1.24 bits per heavy atom. The van der Waals surface area contributed by atoms with E-state index in [0.29, 0.717) is 31.4 Å².